The summed E-state index contributed by atoms with van der Waals surface area (Å²) in [7, 11) is 0. The summed E-state index contributed by atoms with van der Waals surface area (Å²) in [5.41, 5.74) is 4.64. The molecule has 8 nitrogen and oxygen atoms in total. The zero-order valence-electron chi connectivity index (χ0n) is 21.8. The van der Waals surface area contributed by atoms with Crippen LogP contribution in [0.5, 0.6) is 5.75 Å². The lowest BCUT2D eigenvalue weighted by Crippen LogP contribution is -2.46. The number of aliphatic hydroxyl groups is 1. The molecule has 0 saturated carbocycles. The second-order valence-corrected chi connectivity index (χ2v) is 9.95. The number of nitriles is 1. The van der Waals surface area contributed by atoms with Crippen molar-refractivity contribution in [2.45, 2.75) is 31.9 Å². The molecule has 38 heavy (non-hydrogen) atoms. The summed E-state index contributed by atoms with van der Waals surface area (Å²) in [5, 5.41) is 18.9. The molecule has 3 aromatic rings. The SMILES string of the molecule is N#Cc1cc(-c2ccnc(Cc3cccc(CN4CCN(CCO)CC4)c3)n2)ccc1OC1CCOCC1. The Hall–Kier alpha value is -3.35. The van der Waals surface area contributed by atoms with Gasteiger partial charge in [0.1, 0.15) is 23.7 Å². The summed E-state index contributed by atoms with van der Waals surface area (Å²) in [4.78, 5) is 14.1. The molecule has 0 amide bonds. The van der Waals surface area contributed by atoms with Gasteiger partial charge in [0.2, 0.25) is 0 Å². The predicted molar refractivity (Wildman–Crippen MR) is 145 cm³/mol. The Labute approximate surface area is 224 Å². The van der Waals surface area contributed by atoms with Gasteiger partial charge in [-0.05, 0) is 35.4 Å². The summed E-state index contributed by atoms with van der Waals surface area (Å²) < 4.78 is 11.5. The van der Waals surface area contributed by atoms with Gasteiger partial charge in [-0.2, -0.15) is 5.26 Å². The van der Waals surface area contributed by atoms with Gasteiger partial charge in [0.25, 0.3) is 0 Å². The monoisotopic (exact) mass is 513 g/mol. The van der Waals surface area contributed by atoms with Gasteiger partial charge in [-0.15, -0.1) is 0 Å². The summed E-state index contributed by atoms with van der Waals surface area (Å²) in [6.07, 6.45) is 4.18. The van der Waals surface area contributed by atoms with Crippen LogP contribution in [0.3, 0.4) is 0 Å². The summed E-state index contributed by atoms with van der Waals surface area (Å²) in [5.74, 6) is 1.36. The average molecular weight is 514 g/mol. The van der Waals surface area contributed by atoms with E-state index < -0.39 is 0 Å². The van der Waals surface area contributed by atoms with Crippen LogP contribution >= 0.6 is 0 Å². The fraction of sp³-hybridized carbons (Fsp3) is 0.433. The first-order valence-corrected chi connectivity index (χ1v) is 13.4. The van der Waals surface area contributed by atoms with E-state index in [1.165, 1.54) is 11.1 Å². The van der Waals surface area contributed by atoms with Crippen LogP contribution in [0.25, 0.3) is 11.3 Å². The number of piperazine rings is 1. The number of aromatic nitrogens is 2. The number of nitrogens with zero attached hydrogens (tertiary/aromatic N) is 5. The molecule has 198 valence electrons. The van der Waals surface area contributed by atoms with Gasteiger partial charge in [-0.25, -0.2) is 9.97 Å². The van der Waals surface area contributed by atoms with E-state index >= 15 is 0 Å². The first-order valence-electron chi connectivity index (χ1n) is 13.4. The number of benzene rings is 2. The molecular formula is C30H35N5O3. The van der Waals surface area contributed by atoms with Crippen molar-refractivity contribution < 1.29 is 14.6 Å². The summed E-state index contributed by atoms with van der Waals surface area (Å²) >= 11 is 0. The third-order valence-electron chi connectivity index (χ3n) is 7.20. The molecular weight excluding hydrogens is 478 g/mol. The Morgan fingerprint density at radius 1 is 1.00 bits per heavy atom. The van der Waals surface area contributed by atoms with Gasteiger partial charge in [0.05, 0.1) is 31.1 Å². The van der Waals surface area contributed by atoms with Crippen LogP contribution in [0.2, 0.25) is 0 Å². The van der Waals surface area contributed by atoms with Crippen molar-refractivity contribution in [1.82, 2.24) is 19.8 Å². The highest BCUT2D eigenvalue weighted by Gasteiger charge is 2.18. The highest BCUT2D eigenvalue weighted by molar-refractivity contribution is 5.64. The van der Waals surface area contributed by atoms with E-state index in [0.717, 1.165) is 69.2 Å². The van der Waals surface area contributed by atoms with E-state index in [2.05, 4.69) is 45.1 Å². The molecule has 2 saturated heterocycles. The molecule has 2 aliphatic rings. The van der Waals surface area contributed by atoms with Gasteiger partial charge in [0, 0.05) is 70.3 Å². The van der Waals surface area contributed by atoms with Crippen LogP contribution in [0.4, 0.5) is 0 Å². The molecule has 0 aliphatic carbocycles. The highest BCUT2D eigenvalue weighted by Crippen LogP contribution is 2.27. The van der Waals surface area contributed by atoms with Crippen LogP contribution in [0.1, 0.15) is 35.4 Å². The van der Waals surface area contributed by atoms with Crippen molar-refractivity contribution in [3.63, 3.8) is 0 Å². The molecule has 1 aromatic heterocycles. The van der Waals surface area contributed by atoms with E-state index in [9.17, 15) is 5.26 Å². The van der Waals surface area contributed by atoms with E-state index in [1.807, 2.05) is 24.3 Å². The van der Waals surface area contributed by atoms with Gasteiger partial charge >= 0.3 is 0 Å². The van der Waals surface area contributed by atoms with Gasteiger partial charge < -0.3 is 14.6 Å². The van der Waals surface area contributed by atoms with Crippen molar-refractivity contribution in [3.8, 4) is 23.1 Å². The smallest absolute Gasteiger partial charge is 0.137 e. The maximum Gasteiger partial charge on any atom is 0.137 e. The standard InChI is InChI=1S/C30H35N5O3/c31-21-26-20-25(4-5-29(26)38-27-7-16-37-17-8-27)28-6-9-32-30(33-28)19-23-2-1-3-24(18-23)22-35-12-10-34(11-13-35)14-15-36/h1-6,9,18,20,27,36H,7-8,10-17,19,22H2. The average Bonchev–Trinajstić information content (AvgIpc) is 2.95. The molecule has 2 aliphatic heterocycles. The van der Waals surface area contributed by atoms with E-state index in [4.69, 9.17) is 19.6 Å². The molecule has 2 fully saturated rings. The molecule has 0 radical (unpaired) electrons. The number of hydrogen-bond acceptors (Lipinski definition) is 8. The minimum atomic E-state index is 0.0824. The van der Waals surface area contributed by atoms with Crippen LogP contribution in [0, 0.1) is 11.3 Å². The third-order valence-corrected chi connectivity index (χ3v) is 7.20. The van der Waals surface area contributed by atoms with Gasteiger partial charge in [0.15, 0.2) is 0 Å². The number of ether oxygens (including phenoxy) is 2. The van der Waals surface area contributed by atoms with Crippen LogP contribution in [-0.4, -0.2) is 83.5 Å². The second-order valence-electron chi connectivity index (χ2n) is 9.95. The Morgan fingerprint density at radius 3 is 2.58 bits per heavy atom. The Bertz CT molecular complexity index is 1250. The minimum Gasteiger partial charge on any atom is -0.489 e. The molecule has 3 heterocycles. The molecule has 0 bridgehead atoms. The van der Waals surface area contributed by atoms with E-state index in [-0.39, 0.29) is 12.7 Å². The highest BCUT2D eigenvalue weighted by atomic mass is 16.5. The topological polar surface area (TPSA) is 94.7 Å². The lowest BCUT2D eigenvalue weighted by atomic mass is 10.1. The van der Waals surface area contributed by atoms with E-state index in [0.29, 0.717) is 30.9 Å². The lowest BCUT2D eigenvalue weighted by Gasteiger charge is -2.34. The van der Waals surface area contributed by atoms with Crippen molar-refractivity contribution in [2.75, 3.05) is 52.5 Å². The lowest BCUT2D eigenvalue weighted by molar-refractivity contribution is 0.0254. The summed E-state index contributed by atoms with van der Waals surface area (Å²) in [6.45, 7) is 7.31. The molecule has 8 heteroatoms. The van der Waals surface area contributed by atoms with Crippen LogP contribution in [0.15, 0.2) is 54.7 Å². The fourth-order valence-electron chi connectivity index (χ4n) is 5.09. The number of rotatable bonds is 9. The quantitative estimate of drug-likeness (QED) is 0.466. The number of hydrogen-bond donors (Lipinski definition) is 1. The Kier molecular flexibility index (Phi) is 8.94. The molecule has 0 atom stereocenters. The van der Waals surface area contributed by atoms with Gasteiger partial charge in [-0.3, -0.25) is 9.80 Å². The van der Waals surface area contributed by atoms with Crippen molar-refractivity contribution in [1.29, 1.82) is 5.26 Å². The molecule has 1 N–H and O–H groups in total. The van der Waals surface area contributed by atoms with Gasteiger partial charge in [-0.1, -0.05) is 24.3 Å². The minimum absolute atomic E-state index is 0.0824. The zero-order valence-corrected chi connectivity index (χ0v) is 21.8. The largest absolute Gasteiger partial charge is 0.489 e. The Balaban J connectivity index is 1.24. The third kappa shape index (κ3) is 6.94. The van der Waals surface area contributed by atoms with Crippen molar-refractivity contribution >= 4 is 0 Å². The van der Waals surface area contributed by atoms with E-state index in [1.54, 1.807) is 6.20 Å². The maximum atomic E-state index is 9.75. The number of β-amino-alcohol motifs (C(OH)–C–C–N with tert-alkyl or cyclic N) is 1. The molecule has 2 aromatic carbocycles. The Morgan fingerprint density at radius 2 is 1.79 bits per heavy atom. The second kappa shape index (κ2) is 12.9. The maximum absolute atomic E-state index is 9.75. The van der Waals surface area contributed by atoms with Crippen molar-refractivity contribution in [3.05, 3.63) is 77.2 Å². The first-order chi connectivity index (χ1) is 18.7. The molecule has 5 rings (SSSR count). The molecule has 0 unspecified atom stereocenters. The zero-order chi connectivity index (χ0) is 26.2. The number of aliphatic hydroxyl groups excluding tert-OH is 1. The predicted octanol–water partition coefficient (Wildman–Crippen LogP) is 3.27. The fourth-order valence-corrected chi connectivity index (χ4v) is 5.09. The summed E-state index contributed by atoms with van der Waals surface area (Å²) in [6, 6.07) is 18.5. The molecule has 0 spiro atoms. The van der Waals surface area contributed by atoms with Crippen molar-refractivity contribution in [2.24, 2.45) is 0 Å². The normalized spacial score (nSPS) is 17.3. The van der Waals surface area contributed by atoms with Crippen LogP contribution < -0.4 is 4.74 Å². The first kappa shape index (κ1) is 26.3. The van der Waals surface area contributed by atoms with Crippen LogP contribution in [-0.2, 0) is 17.7 Å².